The molecule has 0 saturated carbocycles. The molecule has 0 aliphatic carbocycles. The lowest BCUT2D eigenvalue weighted by Crippen LogP contribution is -1.99. The zero-order valence-electron chi connectivity index (χ0n) is 13.4. The van der Waals surface area contributed by atoms with Crippen molar-refractivity contribution in [2.45, 2.75) is 11.4 Å². The maximum atomic E-state index is 11.4. The number of ether oxygens (including phenoxy) is 1. The van der Waals surface area contributed by atoms with E-state index < -0.39 is 10.8 Å². The first-order chi connectivity index (χ1) is 11.7. The van der Waals surface area contributed by atoms with E-state index in [0.717, 1.165) is 21.8 Å². The molecule has 1 N–H and O–H groups in total. The van der Waals surface area contributed by atoms with Gasteiger partial charge in [-0.15, -0.1) is 5.10 Å². The highest BCUT2D eigenvalue weighted by atomic mass is 32.2. The smallest absolute Gasteiger partial charge is 0.316 e. The van der Waals surface area contributed by atoms with E-state index in [9.17, 15) is 4.21 Å². The van der Waals surface area contributed by atoms with Crippen LogP contribution in [0.5, 0.6) is 5.75 Å². The van der Waals surface area contributed by atoms with Crippen LogP contribution in [-0.4, -0.2) is 27.8 Å². The fourth-order valence-electron chi connectivity index (χ4n) is 2.12. The van der Waals surface area contributed by atoms with Crippen LogP contribution in [0, 0.1) is 0 Å². The van der Waals surface area contributed by atoms with E-state index in [-0.39, 0.29) is 0 Å². The highest BCUT2D eigenvalue weighted by Crippen LogP contribution is 2.22. The van der Waals surface area contributed by atoms with Crippen molar-refractivity contribution in [3.05, 3.63) is 54.1 Å². The molecule has 1 heterocycles. The first-order valence-electron chi connectivity index (χ1n) is 7.30. The fourth-order valence-corrected chi connectivity index (χ4v) is 2.64. The van der Waals surface area contributed by atoms with E-state index in [0.29, 0.717) is 18.5 Å². The lowest BCUT2D eigenvalue weighted by atomic mass is 10.2. The van der Waals surface area contributed by atoms with Crippen LogP contribution in [0.25, 0.3) is 11.5 Å². The van der Waals surface area contributed by atoms with Gasteiger partial charge in [-0.05, 0) is 42.0 Å². The van der Waals surface area contributed by atoms with Gasteiger partial charge in [0, 0.05) is 34.1 Å². The molecule has 3 aromatic rings. The van der Waals surface area contributed by atoms with Crippen molar-refractivity contribution < 1.29 is 13.4 Å². The molecule has 0 radical (unpaired) electrons. The summed E-state index contributed by atoms with van der Waals surface area (Å²) in [4.78, 5) is 0.804. The number of hydrogen-bond acceptors (Lipinski definition) is 6. The Kier molecular flexibility index (Phi) is 4.90. The van der Waals surface area contributed by atoms with Gasteiger partial charge in [0.2, 0.25) is 5.89 Å². The molecule has 0 saturated heterocycles. The molecule has 2 aromatic carbocycles. The molecule has 0 unspecified atom stereocenters. The Hall–Kier alpha value is -2.67. The number of benzene rings is 2. The average Bonchev–Trinajstić information content (AvgIpc) is 3.09. The summed E-state index contributed by atoms with van der Waals surface area (Å²) in [6, 6.07) is 15.3. The number of methoxy groups -OCH3 is 1. The molecule has 0 bridgehead atoms. The number of anilines is 1. The second kappa shape index (κ2) is 7.27. The summed E-state index contributed by atoms with van der Waals surface area (Å²) >= 11 is 0. The molecule has 0 aliphatic heterocycles. The third-order valence-corrected chi connectivity index (χ3v) is 4.40. The second-order valence-corrected chi connectivity index (χ2v) is 6.47. The lowest BCUT2D eigenvalue weighted by molar-refractivity contribution is 0.415. The fraction of sp³-hybridized carbons (Fsp3) is 0.176. The summed E-state index contributed by atoms with van der Waals surface area (Å²) in [5.41, 5.74) is 1.86. The molecule has 0 aliphatic rings. The predicted octanol–water partition coefficient (Wildman–Crippen LogP) is 3.09. The largest absolute Gasteiger partial charge is 0.497 e. The highest BCUT2D eigenvalue weighted by Gasteiger charge is 2.08. The summed E-state index contributed by atoms with van der Waals surface area (Å²) in [5.74, 6) is 1.21. The Morgan fingerprint density at radius 3 is 2.42 bits per heavy atom. The summed E-state index contributed by atoms with van der Waals surface area (Å²) < 4.78 is 22.1. The van der Waals surface area contributed by atoms with Gasteiger partial charge >= 0.3 is 6.01 Å². The van der Waals surface area contributed by atoms with E-state index >= 15 is 0 Å². The van der Waals surface area contributed by atoms with Crippen LogP contribution in [0.3, 0.4) is 0 Å². The van der Waals surface area contributed by atoms with Gasteiger partial charge in [-0.25, -0.2) is 0 Å². The number of rotatable bonds is 6. The Balaban J connectivity index is 1.64. The second-order valence-electron chi connectivity index (χ2n) is 5.09. The van der Waals surface area contributed by atoms with E-state index in [1.807, 2.05) is 48.5 Å². The number of hydrogen-bond donors (Lipinski definition) is 1. The Bertz CT molecular complexity index is 829. The summed E-state index contributed by atoms with van der Waals surface area (Å²) in [7, 11) is 0.652. The van der Waals surface area contributed by atoms with Crippen LogP contribution in [-0.2, 0) is 17.3 Å². The van der Waals surface area contributed by atoms with Crippen molar-refractivity contribution in [1.29, 1.82) is 0 Å². The molecule has 6 nitrogen and oxygen atoms in total. The van der Waals surface area contributed by atoms with Gasteiger partial charge in [0.25, 0.3) is 0 Å². The lowest BCUT2D eigenvalue weighted by Gasteiger charge is -2.03. The minimum atomic E-state index is -0.968. The van der Waals surface area contributed by atoms with E-state index in [4.69, 9.17) is 9.15 Å². The van der Waals surface area contributed by atoms with Crippen LogP contribution >= 0.6 is 0 Å². The molecule has 0 amide bonds. The molecule has 124 valence electrons. The molecular formula is C17H17N3O3S. The quantitative estimate of drug-likeness (QED) is 0.741. The summed E-state index contributed by atoms with van der Waals surface area (Å²) in [6.45, 7) is 0.543. The third kappa shape index (κ3) is 3.80. The number of nitrogens with one attached hydrogen (secondary N) is 1. The Morgan fingerprint density at radius 1 is 1.08 bits per heavy atom. The van der Waals surface area contributed by atoms with Gasteiger partial charge in [-0.1, -0.05) is 17.2 Å². The average molecular weight is 343 g/mol. The molecule has 1 aromatic heterocycles. The van der Waals surface area contributed by atoms with Gasteiger partial charge in [-0.3, -0.25) is 4.21 Å². The molecule has 0 spiro atoms. The van der Waals surface area contributed by atoms with Crippen LogP contribution in [0.1, 0.15) is 5.56 Å². The van der Waals surface area contributed by atoms with Crippen LogP contribution in [0.2, 0.25) is 0 Å². The number of aromatic nitrogens is 2. The van der Waals surface area contributed by atoms with Gasteiger partial charge in [0.1, 0.15) is 5.75 Å². The van der Waals surface area contributed by atoms with E-state index in [1.165, 1.54) is 0 Å². The van der Waals surface area contributed by atoms with E-state index in [1.54, 1.807) is 13.4 Å². The minimum absolute atomic E-state index is 0.351. The van der Waals surface area contributed by atoms with Crippen LogP contribution in [0.15, 0.2) is 57.8 Å². The van der Waals surface area contributed by atoms with Crippen molar-refractivity contribution >= 4 is 16.8 Å². The van der Waals surface area contributed by atoms with Crippen molar-refractivity contribution in [1.82, 2.24) is 10.2 Å². The highest BCUT2D eigenvalue weighted by molar-refractivity contribution is 7.84. The molecule has 7 heteroatoms. The summed E-state index contributed by atoms with van der Waals surface area (Å²) in [5, 5.41) is 11.1. The standard InChI is InChI=1S/C17H17N3O3S/c1-22-14-7-5-13(6-8-14)16-19-20-17(23-16)18-11-12-3-9-15(10-4-12)24(2)21/h3-10H,11H2,1-2H3,(H,18,20)/t24-/m0/s1. The summed E-state index contributed by atoms with van der Waals surface area (Å²) in [6.07, 6.45) is 1.66. The van der Waals surface area contributed by atoms with Gasteiger partial charge in [0.05, 0.1) is 7.11 Å². The zero-order chi connectivity index (χ0) is 16.9. The van der Waals surface area contributed by atoms with Crippen LogP contribution < -0.4 is 10.1 Å². The first-order valence-corrected chi connectivity index (χ1v) is 8.85. The molecular weight excluding hydrogens is 326 g/mol. The maximum Gasteiger partial charge on any atom is 0.316 e. The monoisotopic (exact) mass is 343 g/mol. The molecule has 3 rings (SSSR count). The van der Waals surface area contributed by atoms with Gasteiger partial charge < -0.3 is 14.5 Å². The Morgan fingerprint density at radius 2 is 1.79 bits per heavy atom. The first kappa shape index (κ1) is 16.2. The molecule has 1 atom stereocenters. The van der Waals surface area contributed by atoms with Crippen molar-refractivity contribution in [3.8, 4) is 17.2 Å². The predicted molar refractivity (Wildman–Crippen MR) is 92.4 cm³/mol. The minimum Gasteiger partial charge on any atom is -0.497 e. The van der Waals surface area contributed by atoms with E-state index in [2.05, 4.69) is 15.5 Å². The number of nitrogens with zero attached hydrogens (tertiary/aromatic N) is 2. The van der Waals surface area contributed by atoms with Crippen molar-refractivity contribution in [3.63, 3.8) is 0 Å². The Labute approximate surface area is 142 Å². The zero-order valence-corrected chi connectivity index (χ0v) is 14.2. The van der Waals surface area contributed by atoms with Gasteiger partial charge in [-0.2, -0.15) is 0 Å². The van der Waals surface area contributed by atoms with Crippen molar-refractivity contribution in [2.75, 3.05) is 18.7 Å². The SMILES string of the molecule is COc1ccc(-c2nnc(NCc3ccc([S@](C)=O)cc3)o2)cc1. The van der Waals surface area contributed by atoms with Gasteiger partial charge in [0.15, 0.2) is 0 Å². The third-order valence-electron chi connectivity index (χ3n) is 3.46. The topological polar surface area (TPSA) is 77.3 Å². The van der Waals surface area contributed by atoms with Crippen molar-refractivity contribution in [2.24, 2.45) is 0 Å². The normalized spacial score (nSPS) is 11.9. The van der Waals surface area contributed by atoms with Crippen LogP contribution in [0.4, 0.5) is 6.01 Å². The molecule has 0 fully saturated rings. The maximum absolute atomic E-state index is 11.4. The molecule has 24 heavy (non-hydrogen) atoms.